The first kappa shape index (κ1) is 15.2. The molecule has 3 rings (SSSR count). The van der Waals surface area contributed by atoms with Crippen LogP contribution >= 0.6 is 0 Å². The maximum atomic E-state index is 5.48. The number of aromatic nitrogens is 2. The number of imidazole rings is 1. The maximum Gasteiger partial charge on any atom is 0.131 e. The van der Waals surface area contributed by atoms with Gasteiger partial charge in [-0.25, -0.2) is 4.98 Å². The number of fused-ring (bicyclic) bond motifs is 1. The largest absolute Gasteiger partial charge is 0.497 e. The van der Waals surface area contributed by atoms with E-state index in [1.54, 1.807) is 14.2 Å². The number of nitrogens with zero attached hydrogens (tertiary/aromatic N) is 2. The number of hydrogen-bond donors (Lipinski definition) is 0. The van der Waals surface area contributed by atoms with Gasteiger partial charge >= 0.3 is 0 Å². The van der Waals surface area contributed by atoms with Gasteiger partial charge in [-0.1, -0.05) is 19.9 Å². The van der Waals surface area contributed by atoms with Crippen LogP contribution in [0, 0.1) is 0 Å². The summed E-state index contributed by atoms with van der Waals surface area (Å²) in [6.45, 7) is 4.00. The van der Waals surface area contributed by atoms with Gasteiger partial charge in [0, 0.05) is 30.4 Å². The average Bonchev–Trinajstić information content (AvgIpc) is 3.04. The molecule has 21 heavy (non-hydrogen) atoms. The zero-order valence-electron chi connectivity index (χ0n) is 13.1. The van der Waals surface area contributed by atoms with Crippen LogP contribution in [0.2, 0.25) is 0 Å². The third kappa shape index (κ3) is 2.94. The molecule has 0 radical (unpaired) electrons. The predicted octanol–water partition coefficient (Wildman–Crippen LogP) is 3.76. The lowest BCUT2D eigenvalue weighted by molar-refractivity contribution is 0.393. The molecule has 112 valence electrons. The first-order chi connectivity index (χ1) is 10.3. The summed E-state index contributed by atoms with van der Waals surface area (Å²) in [6, 6.07) is 5.88. The molecular weight excluding hydrogens is 264 g/mol. The second kappa shape index (κ2) is 6.97. The Labute approximate surface area is 126 Å². The normalized spacial score (nSPS) is 12.7. The van der Waals surface area contributed by atoms with Gasteiger partial charge in [-0.2, -0.15) is 0 Å². The smallest absolute Gasteiger partial charge is 0.131 e. The Bertz CT molecular complexity index is 629. The lowest BCUT2D eigenvalue weighted by Gasteiger charge is -2.19. The molecule has 0 atom stereocenters. The minimum atomic E-state index is 0.794. The van der Waals surface area contributed by atoms with Crippen LogP contribution in [0.15, 0.2) is 36.7 Å². The first-order valence-corrected chi connectivity index (χ1v) is 7.28. The molecule has 0 bridgehead atoms. The minimum Gasteiger partial charge on any atom is -0.497 e. The highest BCUT2D eigenvalue weighted by molar-refractivity contribution is 5.72. The van der Waals surface area contributed by atoms with Crippen LogP contribution in [-0.2, 0) is 6.42 Å². The molecule has 0 saturated carbocycles. The molecule has 0 aliphatic carbocycles. The SMILES string of the molecule is CC.COc1ccc(C2=CCCc3nccn32)c(OC)c1. The monoisotopic (exact) mass is 286 g/mol. The number of ether oxygens (including phenoxy) is 2. The first-order valence-electron chi connectivity index (χ1n) is 7.28. The summed E-state index contributed by atoms with van der Waals surface area (Å²) in [5.74, 6) is 2.70. The van der Waals surface area contributed by atoms with Crippen molar-refractivity contribution in [2.24, 2.45) is 0 Å². The summed E-state index contributed by atoms with van der Waals surface area (Å²) in [4.78, 5) is 4.38. The molecule has 0 unspecified atom stereocenters. The molecule has 0 amide bonds. The molecule has 4 heteroatoms. The highest BCUT2D eigenvalue weighted by Crippen LogP contribution is 2.33. The van der Waals surface area contributed by atoms with Crippen molar-refractivity contribution < 1.29 is 9.47 Å². The van der Waals surface area contributed by atoms with Gasteiger partial charge in [0.15, 0.2) is 0 Å². The quantitative estimate of drug-likeness (QED) is 0.862. The van der Waals surface area contributed by atoms with E-state index in [2.05, 4.69) is 15.6 Å². The molecule has 4 nitrogen and oxygen atoms in total. The molecule has 1 aromatic heterocycles. The lowest BCUT2D eigenvalue weighted by Crippen LogP contribution is -2.09. The molecule has 0 fully saturated rings. The second-order valence-corrected chi connectivity index (χ2v) is 4.41. The molecule has 2 aromatic rings. The van der Waals surface area contributed by atoms with E-state index < -0.39 is 0 Å². The highest BCUT2D eigenvalue weighted by Gasteiger charge is 2.17. The number of aryl methyl sites for hydroxylation is 1. The Morgan fingerprint density at radius 1 is 1.14 bits per heavy atom. The van der Waals surface area contributed by atoms with E-state index in [9.17, 15) is 0 Å². The van der Waals surface area contributed by atoms with Crippen LogP contribution in [0.3, 0.4) is 0 Å². The third-order valence-corrected chi connectivity index (χ3v) is 3.37. The van der Waals surface area contributed by atoms with E-state index in [1.165, 1.54) is 0 Å². The van der Waals surface area contributed by atoms with Gasteiger partial charge in [0.25, 0.3) is 0 Å². The summed E-state index contributed by atoms with van der Waals surface area (Å²) in [6.07, 6.45) is 8.03. The van der Waals surface area contributed by atoms with Gasteiger partial charge in [-0.15, -0.1) is 0 Å². The van der Waals surface area contributed by atoms with Gasteiger partial charge in [0.1, 0.15) is 17.3 Å². The van der Waals surface area contributed by atoms with Crippen LogP contribution < -0.4 is 9.47 Å². The number of benzene rings is 1. The second-order valence-electron chi connectivity index (χ2n) is 4.41. The average molecular weight is 286 g/mol. The number of hydrogen-bond acceptors (Lipinski definition) is 3. The highest BCUT2D eigenvalue weighted by atomic mass is 16.5. The number of methoxy groups -OCH3 is 2. The molecule has 2 heterocycles. The van der Waals surface area contributed by atoms with Crippen LogP contribution in [-0.4, -0.2) is 23.8 Å². The van der Waals surface area contributed by atoms with Gasteiger partial charge in [-0.05, 0) is 18.6 Å². The van der Waals surface area contributed by atoms with Crippen molar-refractivity contribution in [3.05, 3.63) is 48.1 Å². The van der Waals surface area contributed by atoms with E-state index in [0.717, 1.165) is 41.4 Å². The Hall–Kier alpha value is -2.23. The summed E-state index contributed by atoms with van der Waals surface area (Å²) < 4.78 is 12.8. The summed E-state index contributed by atoms with van der Waals surface area (Å²) in [5.41, 5.74) is 2.18. The van der Waals surface area contributed by atoms with Crippen molar-refractivity contribution in [3.63, 3.8) is 0 Å². The van der Waals surface area contributed by atoms with Crippen LogP contribution in [0.1, 0.15) is 31.7 Å². The molecular formula is C17H22N2O2. The zero-order chi connectivity index (χ0) is 15.2. The van der Waals surface area contributed by atoms with Crippen molar-refractivity contribution >= 4 is 5.70 Å². The standard InChI is InChI=1S/C15H16N2O2.C2H6/c1-18-11-6-7-12(14(10-11)19-2)13-4-3-5-15-16-8-9-17(13)15;1-2/h4,6-10H,3,5H2,1-2H3;1-2H3. The fourth-order valence-electron chi connectivity index (χ4n) is 2.42. The minimum absolute atomic E-state index is 0.794. The Morgan fingerprint density at radius 3 is 2.67 bits per heavy atom. The predicted molar refractivity (Wildman–Crippen MR) is 84.8 cm³/mol. The molecule has 0 saturated heterocycles. The summed E-state index contributed by atoms with van der Waals surface area (Å²) >= 11 is 0. The van der Waals surface area contributed by atoms with E-state index >= 15 is 0 Å². The van der Waals surface area contributed by atoms with Crippen LogP contribution in [0.5, 0.6) is 11.5 Å². The van der Waals surface area contributed by atoms with Gasteiger partial charge in [0.05, 0.1) is 19.9 Å². The summed E-state index contributed by atoms with van der Waals surface area (Å²) in [7, 11) is 3.33. The van der Waals surface area contributed by atoms with Crippen molar-refractivity contribution in [2.75, 3.05) is 14.2 Å². The van der Waals surface area contributed by atoms with Crippen molar-refractivity contribution in [2.45, 2.75) is 26.7 Å². The Morgan fingerprint density at radius 2 is 1.95 bits per heavy atom. The fraction of sp³-hybridized carbons (Fsp3) is 0.353. The summed E-state index contributed by atoms with van der Waals surface area (Å²) in [5, 5.41) is 0. The molecule has 0 N–H and O–H groups in total. The molecule has 1 aliphatic rings. The van der Waals surface area contributed by atoms with E-state index in [4.69, 9.17) is 9.47 Å². The van der Waals surface area contributed by atoms with E-state index in [1.807, 2.05) is 44.4 Å². The van der Waals surface area contributed by atoms with Crippen molar-refractivity contribution in [1.82, 2.24) is 9.55 Å². The van der Waals surface area contributed by atoms with Crippen molar-refractivity contribution in [1.29, 1.82) is 0 Å². The van der Waals surface area contributed by atoms with Gasteiger partial charge < -0.3 is 14.0 Å². The van der Waals surface area contributed by atoms with Crippen LogP contribution in [0.25, 0.3) is 5.70 Å². The fourth-order valence-corrected chi connectivity index (χ4v) is 2.42. The van der Waals surface area contributed by atoms with Gasteiger partial charge in [0.2, 0.25) is 0 Å². The Kier molecular flexibility index (Phi) is 5.04. The van der Waals surface area contributed by atoms with E-state index in [0.29, 0.717) is 0 Å². The molecule has 1 aromatic carbocycles. The molecule has 1 aliphatic heterocycles. The maximum absolute atomic E-state index is 5.48. The van der Waals surface area contributed by atoms with Gasteiger partial charge in [-0.3, -0.25) is 0 Å². The number of allylic oxidation sites excluding steroid dienone is 1. The lowest BCUT2D eigenvalue weighted by atomic mass is 10.1. The number of rotatable bonds is 3. The Balaban J connectivity index is 0.000000774. The zero-order valence-corrected chi connectivity index (χ0v) is 13.1. The van der Waals surface area contributed by atoms with Crippen molar-refractivity contribution in [3.8, 4) is 11.5 Å². The topological polar surface area (TPSA) is 36.3 Å². The van der Waals surface area contributed by atoms with E-state index in [-0.39, 0.29) is 0 Å². The molecule has 0 spiro atoms. The van der Waals surface area contributed by atoms with Crippen LogP contribution in [0.4, 0.5) is 0 Å². The third-order valence-electron chi connectivity index (χ3n) is 3.37.